The molecule has 0 aliphatic heterocycles. The number of hydrogen-bond acceptors (Lipinski definition) is 8. The zero-order valence-corrected chi connectivity index (χ0v) is 27.7. The van der Waals surface area contributed by atoms with Crippen molar-refractivity contribution < 1.29 is 19.1 Å². The molecular weight excluding hydrogens is 694 g/mol. The molecule has 0 saturated heterocycles. The van der Waals surface area contributed by atoms with Crippen LogP contribution in [0, 0.1) is 3.70 Å². The Kier molecular flexibility index (Phi) is 8.57. The number of carbonyl (C=O) groups is 2. The summed E-state index contributed by atoms with van der Waals surface area (Å²) in [5.41, 5.74) is 0.0137. The zero-order valence-electron chi connectivity index (χ0n) is 22.7. The molecule has 0 N–H and O–H groups in total. The van der Waals surface area contributed by atoms with Gasteiger partial charge >= 0.3 is 129 Å². The quantitative estimate of drug-likeness (QED) is 0.185. The first-order valence-corrected chi connectivity index (χ1v) is 22.8. The fourth-order valence-electron chi connectivity index (χ4n) is 3.29. The molecule has 0 aliphatic carbocycles. The maximum Gasteiger partial charge on any atom is 0.437 e. The minimum Gasteiger partial charge on any atom is -0.442 e. The average molecular weight is 727 g/mol. The van der Waals surface area contributed by atoms with Crippen molar-refractivity contribution in [3.05, 3.63) is 40.4 Å². The van der Waals surface area contributed by atoms with Gasteiger partial charge in [0.2, 0.25) is 0 Å². The van der Waals surface area contributed by atoms with Crippen molar-refractivity contribution in [3.63, 3.8) is 0 Å². The smallest absolute Gasteiger partial charge is 0.437 e. The van der Waals surface area contributed by atoms with Gasteiger partial charge in [-0.1, -0.05) is 0 Å². The molecule has 0 saturated carbocycles. The molecule has 0 amide bonds. The minimum absolute atomic E-state index is 0.469. The fourth-order valence-corrected chi connectivity index (χ4v) is 7.93. The summed E-state index contributed by atoms with van der Waals surface area (Å²) in [4.78, 5) is 39.4. The molecule has 0 radical (unpaired) electrons. The van der Waals surface area contributed by atoms with Gasteiger partial charge < -0.3 is 4.74 Å². The number of rotatable bonds is 1. The molecule has 0 spiro atoms. The van der Waals surface area contributed by atoms with Gasteiger partial charge in [-0.05, 0) is 55.5 Å². The average Bonchev–Trinajstić information content (AvgIpc) is 3.31. The number of ether oxygens (including phenoxy) is 2. The van der Waals surface area contributed by atoms with E-state index in [1.807, 2.05) is 65.8 Å². The van der Waals surface area contributed by atoms with Crippen molar-refractivity contribution in [3.8, 4) is 0 Å². The summed E-state index contributed by atoms with van der Waals surface area (Å²) in [6.45, 7) is 11.0. The molecule has 0 aliphatic rings. The summed E-state index contributed by atoms with van der Waals surface area (Å²) in [6, 6.07) is 7.54. The van der Waals surface area contributed by atoms with E-state index in [0.29, 0.717) is 11.3 Å². The third-order valence-corrected chi connectivity index (χ3v) is 10.6. The van der Waals surface area contributed by atoms with Crippen molar-refractivity contribution in [2.24, 2.45) is 0 Å². The predicted octanol–water partition coefficient (Wildman–Crippen LogP) is 5.58. The minimum atomic E-state index is -2.42. The number of nitrogens with zero attached hydrogens (tertiary/aromatic N) is 6. The Morgan fingerprint density at radius 1 is 0.784 bits per heavy atom. The van der Waals surface area contributed by atoms with Crippen LogP contribution < -0.4 is 3.71 Å². The molecule has 37 heavy (non-hydrogen) atoms. The van der Waals surface area contributed by atoms with E-state index in [0.717, 1.165) is 18.2 Å². The first-order chi connectivity index (χ1) is 17.0. The van der Waals surface area contributed by atoms with Crippen LogP contribution in [0.15, 0.2) is 36.7 Å². The third-order valence-electron chi connectivity index (χ3n) is 4.68. The SMILES string of the molecule is CC(C)(C)OC(=O)n1n[c]([Sn]([CH3])([CH3])[CH3])c2cccnc21.CC(C)(C)OC(=O)n1nc(I)c2cccnc21. The van der Waals surface area contributed by atoms with Crippen LogP contribution in [-0.4, -0.2) is 71.3 Å². The topological polar surface area (TPSA) is 114 Å². The summed E-state index contributed by atoms with van der Waals surface area (Å²) in [5.74, 6) is 0. The maximum atomic E-state index is 12.3. The van der Waals surface area contributed by atoms with Gasteiger partial charge in [-0.3, -0.25) is 0 Å². The normalized spacial score (nSPS) is 12.3. The zero-order chi connectivity index (χ0) is 27.8. The Labute approximate surface area is 234 Å². The molecule has 4 aromatic heterocycles. The molecule has 4 rings (SSSR count). The Bertz CT molecular complexity index is 1440. The molecule has 0 atom stereocenters. The number of aromatic nitrogens is 6. The first-order valence-electron chi connectivity index (χ1n) is 11.8. The fraction of sp³-hybridized carbons (Fsp3) is 0.440. The van der Waals surface area contributed by atoms with Crippen LogP contribution in [0.4, 0.5) is 9.59 Å². The van der Waals surface area contributed by atoms with Crippen molar-refractivity contribution in [2.75, 3.05) is 0 Å². The van der Waals surface area contributed by atoms with E-state index >= 15 is 0 Å². The molecule has 4 heterocycles. The van der Waals surface area contributed by atoms with Gasteiger partial charge in [0, 0.05) is 6.20 Å². The Morgan fingerprint density at radius 3 is 1.68 bits per heavy atom. The van der Waals surface area contributed by atoms with Gasteiger partial charge in [0.05, 0.1) is 5.39 Å². The standard InChI is InChI=1S/C11H12IN3O2.C11H12N3O2.3CH3.Sn/c1-11(2,3)17-10(16)15-9-7(8(12)14-15)5-4-6-13-9;1-11(2,3)16-10(15)14-9-8(7-13-14)5-4-6-12-9;;;;/h4-6H,1-3H3;4-6H,1-3H3;3*1H3;. The van der Waals surface area contributed by atoms with Crippen LogP contribution in [0.2, 0.25) is 14.8 Å². The number of fused-ring (bicyclic) bond motifs is 2. The number of pyridine rings is 2. The Hall–Kier alpha value is -2.29. The molecular formula is C25H33IN6O4Sn. The van der Waals surface area contributed by atoms with E-state index in [2.05, 4.69) is 57.6 Å². The molecule has 12 heteroatoms. The summed E-state index contributed by atoms with van der Waals surface area (Å²) in [5, 5.41) is 10.5. The van der Waals surface area contributed by atoms with E-state index < -0.39 is 41.8 Å². The van der Waals surface area contributed by atoms with Crippen molar-refractivity contribution in [1.29, 1.82) is 0 Å². The van der Waals surface area contributed by atoms with Crippen molar-refractivity contribution in [1.82, 2.24) is 29.5 Å². The second kappa shape index (κ2) is 10.8. The van der Waals surface area contributed by atoms with Gasteiger partial charge in [0.25, 0.3) is 0 Å². The number of carbonyl (C=O) groups excluding carboxylic acids is 2. The molecule has 10 nitrogen and oxygen atoms in total. The predicted molar refractivity (Wildman–Crippen MR) is 154 cm³/mol. The van der Waals surface area contributed by atoms with Gasteiger partial charge in [-0.15, -0.1) is 4.68 Å². The first kappa shape index (κ1) is 29.3. The van der Waals surface area contributed by atoms with Crippen LogP contribution in [0.1, 0.15) is 41.5 Å². The van der Waals surface area contributed by atoms with E-state index in [1.165, 1.54) is 9.36 Å². The molecule has 0 aromatic carbocycles. The molecule has 0 fully saturated rings. The monoisotopic (exact) mass is 728 g/mol. The Balaban J connectivity index is 0.000000208. The third kappa shape index (κ3) is 7.39. The molecule has 0 unspecified atom stereocenters. The van der Waals surface area contributed by atoms with Gasteiger partial charge in [-0.2, -0.15) is 5.10 Å². The van der Waals surface area contributed by atoms with Gasteiger partial charge in [0.15, 0.2) is 5.65 Å². The summed E-state index contributed by atoms with van der Waals surface area (Å²) < 4.78 is 14.9. The summed E-state index contributed by atoms with van der Waals surface area (Å²) >= 11 is -0.354. The number of halogens is 1. The van der Waals surface area contributed by atoms with Crippen LogP contribution in [0.25, 0.3) is 22.1 Å². The second-order valence-electron chi connectivity index (χ2n) is 11.4. The van der Waals surface area contributed by atoms with Crippen LogP contribution in [-0.2, 0) is 9.47 Å². The summed E-state index contributed by atoms with van der Waals surface area (Å²) in [6.07, 6.45) is 2.32. The van der Waals surface area contributed by atoms with E-state index in [9.17, 15) is 9.59 Å². The molecule has 198 valence electrons. The maximum absolute atomic E-state index is 12.3. The van der Waals surface area contributed by atoms with Crippen molar-refractivity contribution >= 4 is 78.9 Å². The van der Waals surface area contributed by atoms with Gasteiger partial charge in [0.1, 0.15) is 9.30 Å². The second-order valence-corrected chi connectivity index (χ2v) is 26.6. The summed E-state index contributed by atoms with van der Waals surface area (Å²) in [7, 11) is 0. The number of hydrogen-bond donors (Lipinski definition) is 0. The van der Waals surface area contributed by atoms with Gasteiger partial charge in [-0.25, -0.2) is 9.78 Å². The van der Waals surface area contributed by atoms with Crippen LogP contribution >= 0.6 is 22.6 Å². The van der Waals surface area contributed by atoms with Crippen molar-refractivity contribution in [2.45, 2.75) is 67.6 Å². The Morgan fingerprint density at radius 2 is 1.22 bits per heavy atom. The van der Waals surface area contributed by atoms with Crippen LogP contribution in [0.5, 0.6) is 0 Å². The molecule has 4 aromatic rings. The van der Waals surface area contributed by atoms with E-state index in [4.69, 9.17) is 9.47 Å². The molecule has 0 bridgehead atoms. The van der Waals surface area contributed by atoms with Crippen LogP contribution in [0.3, 0.4) is 0 Å². The largest absolute Gasteiger partial charge is 0.442 e. The van der Waals surface area contributed by atoms with E-state index in [1.54, 1.807) is 12.4 Å². The van der Waals surface area contributed by atoms with E-state index in [-0.39, 0.29) is 0 Å².